The predicted octanol–water partition coefficient (Wildman–Crippen LogP) is 1.96. The number of carbonyl (C=O) groups is 1. The van der Waals surface area contributed by atoms with Crippen LogP contribution in [0.2, 0.25) is 0 Å². The Bertz CT molecular complexity index is 806. The van der Waals surface area contributed by atoms with Gasteiger partial charge in [-0.25, -0.2) is 4.79 Å². The number of hydrogen-bond acceptors (Lipinski definition) is 4. The number of hydrogen-bond donors (Lipinski definition) is 2. The van der Waals surface area contributed by atoms with E-state index in [0.717, 1.165) is 43.9 Å². The van der Waals surface area contributed by atoms with Gasteiger partial charge in [0.15, 0.2) is 0 Å². The van der Waals surface area contributed by atoms with Gasteiger partial charge in [-0.3, -0.25) is 9.69 Å². The van der Waals surface area contributed by atoms with Crippen molar-refractivity contribution in [2.45, 2.75) is 39.7 Å². The number of amides is 1. The number of likely N-dealkylation sites (tertiary alicyclic amines) is 1. The third-order valence-corrected chi connectivity index (χ3v) is 5.26. The van der Waals surface area contributed by atoms with E-state index in [4.69, 9.17) is 0 Å². The van der Waals surface area contributed by atoms with Crippen molar-refractivity contribution in [2.75, 3.05) is 19.6 Å². The molecule has 1 fully saturated rings. The van der Waals surface area contributed by atoms with Gasteiger partial charge in [-0.2, -0.15) is 4.98 Å². The molecule has 1 aliphatic heterocycles. The van der Waals surface area contributed by atoms with Crippen LogP contribution in [-0.2, 0) is 17.8 Å². The molecule has 6 nitrogen and oxygen atoms in total. The molecule has 0 radical (unpaired) electrons. The van der Waals surface area contributed by atoms with Crippen molar-refractivity contribution < 1.29 is 4.79 Å². The molecule has 1 atom stereocenters. The van der Waals surface area contributed by atoms with Crippen molar-refractivity contribution in [2.24, 2.45) is 5.92 Å². The molecule has 0 saturated carbocycles. The van der Waals surface area contributed by atoms with Gasteiger partial charge in [0.1, 0.15) is 0 Å². The van der Waals surface area contributed by atoms with Crippen LogP contribution in [0.25, 0.3) is 0 Å². The minimum absolute atomic E-state index is 0.0570. The summed E-state index contributed by atoms with van der Waals surface area (Å²) in [7, 11) is 0. The topological polar surface area (TPSA) is 78.1 Å². The second-order valence-electron chi connectivity index (χ2n) is 7.41. The second kappa shape index (κ2) is 8.95. The van der Waals surface area contributed by atoms with Gasteiger partial charge < -0.3 is 10.3 Å². The minimum atomic E-state index is -0.334. The summed E-state index contributed by atoms with van der Waals surface area (Å²) in [6, 6.07) is 10.5. The molecule has 144 valence electrons. The van der Waals surface area contributed by atoms with Crippen molar-refractivity contribution in [3.05, 3.63) is 63.3 Å². The number of nitrogens with one attached hydrogen (secondary N) is 2. The number of benzene rings is 1. The Morgan fingerprint density at radius 3 is 2.81 bits per heavy atom. The van der Waals surface area contributed by atoms with Gasteiger partial charge in [-0.15, -0.1) is 0 Å². The molecule has 0 bridgehead atoms. The zero-order chi connectivity index (χ0) is 19.2. The Balaban J connectivity index is 1.40. The number of H-pyrrole nitrogens is 1. The summed E-state index contributed by atoms with van der Waals surface area (Å²) in [6.45, 7) is 7.47. The van der Waals surface area contributed by atoms with Gasteiger partial charge in [0.05, 0.1) is 0 Å². The highest BCUT2D eigenvalue weighted by Crippen LogP contribution is 2.18. The largest absolute Gasteiger partial charge is 0.356 e. The number of aromatic nitrogens is 2. The van der Waals surface area contributed by atoms with Crippen molar-refractivity contribution in [3.63, 3.8) is 0 Å². The summed E-state index contributed by atoms with van der Waals surface area (Å²) in [6.07, 6.45) is 2.13. The quantitative estimate of drug-likeness (QED) is 0.783. The molecule has 0 unspecified atom stereocenters. The Hall–Kier alpha value is -2.47. The summed E-state index contributed by atoms with van der Waals surface area (Å²) >= 11 is 0. The molecule has 0 aliphatic carbocycles. The van der Waals surface area contributed by atoms with E-state index in [9.17, 15) is 9.59 Å². The van der Waals surface area contributed by atoms with E-state index >= 15 is 0 Å². The van der Waals surface area contributed by atoms with E-state index < -0.39 is 0 Å². The number of nitrogens with zero attached hydrogens (tertiary/aromatic N) is 2. The van der Waals surface area contributed by atoms with E-state index in [0.29, 0.717) is 24.5 Å². The van der Waals surface area contributed by atoms with Crippen LogP contribution in [0, 0.1) is 19.8 Å². The molecule has 27 heavy (non-hydrogen) atoms. The molecule has 2 aromatic rings. The maximum atomic E-state index is 12.2. The summed E-state index contributed by atoms with van der Waals surface area (Å²) in [5, 5.41) is 3.07. The molecule has 1 amide bonds. The highest BCUT2D eigenvalue weighted by atomic mass is 16.1. The lowest BCUT2D eigenvalue weighted by atomic mass is 10.1. The first kappa shape index (κ1) is 19.3. The lowest BCUT2D eigenvalue weighted by Gasteiger charge is -2.16. The molecule has 1 saturated heterocycles. The first-order valence-corrected chi connectivity index (χ1v) is 9.60. The Kier molecular flexibility index (Phi) is 6.40. The molecular weight excluding hydrogens is 340 g/mol. The molecule has 0 spiro atoms. The number of rotatable bonds is 7. The van der Waals surface area contributed by atoms with Gasteiger partial charge in [0, 0.05) is 37.4 Å². The van der Waals surface area contributed by atoms with Gasteiger partial charge in [0.25, 0.3) is 0 Å². The zero-order valence-electron chi connectivity index (χ0n) is 16.1. The van der Waals surface area contributed by atoms with Crippen LogP contribution in [0.15, 0.2) is 35.1 Å². The van der Waals surface area contributed by atoms with Gasteiger partial charge in [0.2, 0.25) is 5.91 Å². The molecule has 1 aromatic heterocycles. The fourth-order valence-corrected chi connectivity index (χ4v) is 3.77. The summed E-state index contributed by atoms with van der Waals surface area (Å²) < 4.78 is 0. The maximum absolute atomic E-state index is 12.2. The average Bonchev–Trinajstić information content (AvgIpc) is 3.07. The third kappa shape index (κ3) is 5.50. The lowest BCUT2D eigenvalue weighted by Crippen LogP contribution is -2.31. The normalized spacial score (nSPS) is 17.2. The first-order valence-electron chi connectivity index (χ1n) is 9.60. The van der Waals surface area contributed by atoms with Gasteiger partial charge in [-0.1, -0.05) is 30.3 Å². The first-order chi connectivity index (χ1) is 13.0. The average molecular weight is 368 g/mol. The van der Waals surface area contributed by atoms with E-state index in [1.54, 1.807) is 0 Å². The Morgan fingerprint density at radius 1 is 1.30 bits per heavy atom. The fourth-order valence-electron chi connectivity index (χ4n) is 3.77. The Morgan fingerprint density at radius 2 is 2.07 bits per heavy atom. The summed E-state index contributed by atoms with van der Waals surface area (Å²) in [4.78, 5) is 32.6. The van der Waals surface area contributed by atoms with Crippen LogP contribution >= 0.6 is 0 Å². The van der Waals surface area contributed by atoms with Crippen LogP contribution in [0.1, 0.15) is 35.4 Å². The fraction of sp³-hybridized carbons (Fsp3) is 0.476. The monoisotopic (exact) mass is 368 g/mol. The lowest BCUT2D eigenvalue weighted by molar-refractivity contribution is -0.121. The van der Waals surface area contributed by atoms with Crippen molar-refractivity contribution in [3.8, 4) is 0 Å². The molecule has 1 aliphatic rings. The maximum Gasteiger partial charge on any atom is 0.345 e. The second-order valence-corrected chi connectivity index (χ2v) is 7.41. The molecule has 2 N–H and O–H groups in total. The highest BCUT2D eigenvalue weighted by Gasteiger charge is 2.22. The van der Waals surface area contributed by atoms with Crippen molar-refractivity contribution in [1.82, 2.24) is 20.2 Å². The standard InChI is InChI=1S/C21H28N4O2/c1-15-19(16(2)24-21(27)23-15)8-9-20(26)22-12-18-10-11-25(14-18)13-17-6-4-3-5-7-17/h3-7,18H,8-14H2,1-2H3,(H,22,26)(H,23,24,27)/t18-/m1/s1. The molecular formula is C21H28N4O2. The zero-order valence-corrected chi connectivity index (χ0v) is 16.1. The van der Waals surface area contributed by atoms with Crippen LogP contribution in [-0.4, -0.2) is 40.4 Å². The van der Waals surface area contributed by atoms with Crippen molar-refractivity contribution in [1.29, 1.82) is 0 Å². The molecule has 3 rings (SSSR count). The summed E-state index contributed by atoms with van der Waals surface area (Å²) in [5.41, 5.74) is 3.46. The van der Waals surface area contributed by atoms with Crippen molar-refractivity contribution >= 4 is 5.91 Å². The molecule has 1 aromatic carbocycles. The summed E-state index contributed by atoms with van der Waals surface area (Å²) in [5.74, 6) is 0.567. The highest BCUT2D eigenvalue weighted by molar-refractivity contribution is 5.76. The number of aryl methyl sites for hydroxylation is 2. The van der Waals surface area contributed by atoms with Crippen LogP contribution in [0.3, 0.4) is 0 Å². The van der Waals surface area contributed by atoms with Crippen LogP contribution in [0.5, 0.6) is 0 Å². The smallest absolute Gasteiger partial charge is 0.345 e. The van der Waals surface area contributed by atoms with E-state index in [2.05, 4.69) is 44.5 Å². The number of carbonyl (C=O) groups excluding carboxylic acids is 1. The minimum Gasteiger partial charge on any atom is -0.356 e. The van der Waals surface area contributed by atoms with E-state index in [1.165, 1.54) is 5.56 Å². The van der Waals surface area contributed by atoms with E-state index in [1.807, 2.05) is 19.9 Å². The third-order valence-electron chi connectivity index (χ3n) is 5.26. The molecule has 6 heteroatoms. The predicted molar refractivity (Wildman–Crippen MR) is 105 cm³/mol. The van der Waals surface area contributed by atoms with E-state index in [-0.39, 0.29) is 11.6 Å². The van der Waals surface area contributed by atoms with Gasteiger partial charge >= 0.3 is 5.69 Å². The van der Waals surface area contributed by atoms with Crippen LogP contribution < -0.4 is 11.0 Å². The Labute approximate surface area is 160 Å². The molecule has 2 heterocycles. The number of aromatic amines is 1. The van der Waals surface area contributed by atoms with Gasteiger partial charge in [-0.05, 0) is 50.3 Å². The SMILES string of the molecule is Cc1nc(=O)[nH]c(C)c1CCC(=O)NC[C@H]1CCN(Cc2ccccc2)C1. The van der Waals surface area contributed by atoms with Crippen LogP contribution in [0.4, 0.5) is 0 Å².